The van der Waals surface area contributed by atoms with Gasteiger partial charge in [0.25, 0.3) is 0 Å². The minimum absolute atomic E-state index is 0.677. The third-order valence-corrected chi connectivity index (χ3v) is 2.91. The van der Waals surface area contributed by atoms with Crippen LogP contribution in [-0.4, -0.2) is 40.0 Å². The van der Waals surface area contributed by atoms with E-state index in [2.05, 4.69) is 27.8 Å². The van der Waals surface area contributed by atoms with E-state index >= 15 is 0 Å². The highest BCUT2D eigenvalue weighted by Gasteiger charge is 2.16. The molecule has 0 spiro atoms. The smallest absolute Gasteiger partial charge is 0.165 e. The van der Waals surface area contributed by atoms with E-state index in [4.69, 9.17) is 4.74 Å². The Morgan fingerprint density at radius 2 is 2.50 bits per heavy atom. The van der Waals surface area contributed by atoms with Crippen LogP contribution in [0.5, 0.6) is 0 Å². The molecule has 0 aromatic carbocycles. The minimum atomic E-state index is 0.677. The molecule has 1 N–H and O–H groups in total. The number of nitrogens with zero attached hydrogens (tertiary/aromatic N) is 4. The van der Waals surface area contributed by atoms with Crippen LogP contribution in [0.2, 0.25) is 0 Å². The highest BCUT2D eigenvalue weighted by Crippen LogP contribution is 2.16. The SMILES string of the molecule is CCNCc1nnnn1CCC1CCOC1. The molecule has 0 amide bonds. The second kappa shape index (κ2) is 5.91. The third-order valence-electron chi connectivity index (χ3n) is 2.91. The molecule has 2 heterocycles. The Balaban J connectivity index is 1.80. The van der Waals surface area contributed by atoms with Gasteiger partial charge in [0, 0.05) is 19.8 Å². The first-order chi connectivity index (χ1) is 7.90. The Hall–Kier alpha value is -1.01. The molecule has 1 aliphatic heterocycles. The van der Waals surface area contributed by atoms with Crippen LogP contribution in [0.3, 0.4) is 0 Å². The molecule has 1 aromatic heterocycles. The van der Waals surface area contributed by atoms with E-state index in [1.165, 1.54) is 6.42 Å². The summed E-state index contributed by atoms with van der Waals surface area (Å²) in [5.74, 6) is 1.59. The maximum absolute atomic E-state index is 5.35. The number of ether oxygens (including phenoxy) is 1. The summed E-state index contributed by atoms with van der Waals surface area (Å²) in [4.78, 5) is 0. The summed E-state index contributed by atoms with van der Waals surface area (Å²) < 4.78 is 7.24. The van der Waals surface area contributed by atoms with Gasteiger partial charge in [-0.05, 0) is 35.7 Å². The first-order valence-corrected chi connectivity index (χ1v) is 5.93. The van der Waals surface area contributed by atoms with Crippen molar-refractivity contribution in [2.75, 3.05) is 19.8 Å². The summed E-state index contributed by atoms with van der Waals surface area (Å²) >= 11 is 0. The standard InChI is InChI=1S/C10H19N5O/c1-2-11-7-10-12-13-14-15(10)5-3-9-4-6-16-8-9/h9,11H,2-8H2,1H3. The lowest BCUT2D eigenvalue weighted by atomic mass is 10.1. The van der Waals surface area contributed by atoms with E-state index in [1.54, 1.807) is 0 Å². The number of hydrogen-bond donors (Lipinski definition) is 1. The molecule has 6 heteroatoms. The predicted octanol–water partition coefficient (Wildman–Crippen LogP) is 0.209. The van der Waals surface area contributed by atoms with E-state index in [-0.39, 0.29) is 0 Å². The molecular weight excluding hydrogens is 206 g/mol. The predicted molar refractivity (Wildman–Crippen MR) is 58.7 cm³/mol. The van der Waals surface area contributed by atoms with Gasteiger partial charge in [-0.2, -0.15) is 0 Å². The highest BCUT2D eigenvalue weighted by atomic mass is 16.5. The molecule has 0 bridgehead atoms. The van der Waals surface area contributed by atoms with Crippen LogP contribution in [0, 0.1) is 5.92 Å². The van der Waals surface area contributed by atoms with Crippen molar-refractivity contribution in [2.24, 2.45) is 5.92 Å². The lowest BCUT2D eigenvalue weighted by Crippen LogP contribution is -2.18. The van der Waals surface area contributed by atoms with E-state index in [9.17, 15) is 0 Å². The molecule has 1 saturated heterocycles. The third kappa shape index (κ3) is 2.99. The minimum Gasteiger partial charge on any atom is -0.381 e. The van der Waals surface area contributed by atoms with Crippen molar-refractivity contribution < 1.29 is 4.74 Å². The number of tetrazole rings is 1. The monoisotopic (exact) mass is 225 g/mol. The topological polar surface area (TPSA) is 64.9 Å². The first kappa shape index (κ1) is 11.5. The maximum atomic E-state index is 5.35. The van der Waals surface area contributed by atoms with E-state index in [0.29, 0.717) is 5.92 Å². The lowest BCUT2D eigenvalue weighted by molar-refractivity contribution is 0.182. The Morgan fingerprint density at radius 1 is 1.56 bits per heavy atom. The fraction of sp³-hybridized carbons (Fsp3) is 0.900. The van der Waals surface area contributed by atoms with Crippen LogP contribution in [0.15, 0.2) is 0 Å². The van der Waals surface area contributed by atoms with Crippen LogP contribution in [0.25, 0.3) is 0 Å². The van der Waals surface area contributed by atoms with E-state index in [1.807, 2.05) is 4.68 Å². The van der Waals surface area contributed by atoms with Crippen LogP contribution >= 0.6 is 0 Å². The van der Waals surface area contributed by atoms with Crippen molar-refractivity contribution in [3.63, 3.8) is 0 Å². The molecule has 1 aliphatic rings. The van der Waals surface area contributed by atoms with Crippen molar-refractivity contribution in [1.82, 2.24) is 25.5 Å². The van der Waals surface area contributed by atoms with Gasteiger partial charge >= 0.3 is 0 Å². The van der Waals surface area contributed by atoms with Gasteiger partial charge in [0.15, 0.2) is 5.82 Å². The molecule has 1 atom stereocenters. The van der Waals surface area contributed by atoms with Gasteiger partial charge in [0.2, 0.25) is 0 Å². The summed E-state index contributed by atoms with van der Waals surface area (Å²) in [5, 5.41) is 15.0. The Bertz CT molecular complexity index is 308. The van der Waals surface area contributed by atoms with Gasteiger partial charge in [-0.1, -0.05) is 6.92 Å². The van der Waals surface area contributed by atoms with Gasteiger partial charge in [-0.3, -0.25) is 0 Å². The fourth-order valence-corrected chi connectivity index (χ4v) is 1.88. The van der Waals surface area contributed by atoms with Gasteiger partial charge < -0.3 is 10.1 Å². The summed E-state index contributed by atoms with van der Waals surface area (Å²) in [5.41, 5.74) is 0. The number of nitrogens with one attached hydrogen (secondary N) is 1. The summed E-state index contributed by atoms with van der Waals surface area (Å²) in [6.07, 6.45) is 2.27. The van der Waals surface area contributed by atoms with Gasteiger partial charge in [-0.25, -0.2) is 4.68 Å². The van der Waals surface area contributed by atoms with Crippen LogP contribution < -0.4 is 5.32 Å². The van der Waals surface area contributed by atoms with Gasteiger partial charge in [-0.15, -0.1) is 5.10 Å². The molecule has 0 aliphatic carbocycles. The van der Waals surface area contributed by atoms with Crippen molar-refractivity contribution in [3.8, 4) is 0 Å². The molecule has 1 aromatic rings. The largest absolute Gasteiger partial charge is 0.381 e. The number of hydrogen-bond acceptors (Lipinski definition) is 5. The van der Waals surface area contributed by atoms with Crippen LogP contribution in [-0.2, 0) is 17.8 Å². The number of aromatic nitrogens is 4. The van der Waals surface area contributed by atoms with Crippen molar-refractivity contribution in [1.29, 1.82) is 0 Å². The molecule has 2 rings (SSSR count). The second-order valence-corrected chi connectivity index (χ2v) is 4.12. The Kier molecular flexibility index (Phi) is 4.24. The zero-order valence-corrected chi connectivity index (χ0v) is 9.72. The lowest BCUT2D eigenvalue weighted by Gasteiger charge is -2.08. The molecule has 90 valence electrons. The van der Waals surface area contributed by atoms with Crippen molar-refractivity contribution in [3.05, 3.63) is 5.82 Å². The summed E-state index contributed by atoms with van der Waals surface area (Å²) in [6, 6.07) is 0. The maximum Gasteiger partial charge on any atom is 0.165 e. The van der Waals surface area contributed by atoms with Gasteiger partial charge in [0.1, 0.15) is 0 Å². The Labute approximate surface area is 95.4 Å². The molecule has 0 saturated carbocycles. The average Bonchev–Trinajstić information content (AvgIpc) is 2.94. The van der Waals surface area contributed by atoms with Crippen molar-refractivity contribution >= 4 is 0 Å². The molecule has 0 radical (unpaired) electrons. The molecule has 1 unspecified atom stereocenters. The highest BCUT2D eigenvalue weighted by molar-refractivity contribution is 4.80. The van der Waals surface area contributed by atoms with E-state index in [0.717, 1.165) is 45.1 Å². The van der Waals surface area contributed by atoms with Crippen molar-refractivity contribution in [2.45, 2.75) is 32.9 Å². The first-order valence-electron chi connectivity index (χ1n) is 5.93. The van der Waals surface area contributed by atoms with E-state index < -0.39 is 0 Å². The second-order valence-electron chi connectivity index (χ2n) is 4.12. The average molecular weight is 225 g/mol. The number of rotatable bonds is 6. The Morgan fingerprint density at radius 3 is 3.25 bits per heavy atom. The normalized spacial score (nSPS) is 20.4. The molecule has 1 fully saturated rings. The zero-order valence-electron chi connectivity index (χ0n) is 9.72. The fourth-order valence-electron chi connectivity index (χ4n) is 1.88. The summed E-state index contributed by atoms with van der Waals surface area (Å²) in [7, 11) is 0. The summed E-state index contributed by atoms with van der Waals surface area (Å²) in [6.45, 7) is 6.44. The number of aryl methyl sites for hydroxylation is 1. The molecule has 16 heavy (non-hydrogen) atoms. The quantitative estimate of drug-likeness (QED) is 0.749. The molecular formula is C10H19N5O. The zero-order chi connectivity index (χ0) is 11.2. The van der Waals surface area contributed by atoms with Crippen LogP contribution in [0.1, 0.15) is 25.6 Å². The van der Waals surface area contributed by atoms with Crippen LogP contribution in [0.4, 0.5) is 0 Å². The molecule has 6 nitrogen and oxygen atoms in total. The van der Waals surface area contributed by atoms with Gasteiger partial charge in [0.05, 0.1) is 6.54 Å².